The van der Waals surface area contributed by atoms with Crippen molar-refractivity contribution in [1.82, 2.24) is 15.3 Å². The summed E-state index contributed by atoms with van der Waals surface area (Å²) in [5, 5.41) is 3.24. The molecule has 1 aliphatic rings. The average molecular weight is 338 g/mol. The fourth-order valence-electron chi connectivity index (χ4n) is 3.20. The number of amides is 1. The van der Waals surface area contributed by atoms with Crippen molar-refractivity contribution in [2.24, 2.45) is 0 Å². The van der Waals surface area contributed by atoms with Crippen molar-refractivity contribution in [3.63, 3.8) is 0 Å². The van der Waals surface area contributed by atoms with Crippen LogP contribution in [-0.4, -0.2) is 35.0 Å². The molecule has 1 unspecified atom stereocenters. The molecule has 25 heavy (non-hydrogen) atoms. The zero-order valence-electron chi connectivity index (χ0n) is 15.2. The van der Waals surface area contributed by atoms with Crippen molar-refractivity contribution in [3.8, 4) is 0 Å². The Hall–Kier alpha value is -2.43. The molecular weight excluding hydrogens is 312 g/mol. The summed E-state index contributed by atoms with van der Waals surface area (Å²) < 4.78 is 0. The Bertz CT molecular complexity index is 712. The normalized spacial score (nSPS) is 18.0. The van der Waals surface area contributed by atoms with E-state index in [1.54, 1.807) is 12.4 Å². The molecule has 5 heteroatoms. The molecule has 1 fully saturated rings. The molecule has 0 aliphatic carbocycles. The van der Waals surface area contributed by atoms with Gasteiger partial charge in [-0.1, -0.05) is 29.8 Å². The van der Waals surface area contributed by atoms with E-state index in [2.05, 4.69) is 39.2 Å². The number of rotatable bonds is 4. The van der Waals surface area contributed by atoms with Gasteiger partial charge in [-0.05, 0) is 45.2 Å². The van der Waals surface area contributed by atoms with Crippen LogP contribution < -0.4 is 10.2 Å². The minimum atomic E-state index is -0.556. The van der Waals surface area contributed by atoms with Gasteiger partial charge < -0.3 is 10.2 Å². The summed E-state index contributed by atoms with van der Waals surface area (Å²) in [6.07, 6.45) is 5.52. The van der Waals surface area contributed by atoms with E-state index in [0.29, 0.717) is 0 Å². The summed E-state index contributed by atoms with van der Waals surface area (Å²) in [6, 6.07) is 10.1. The van der Waals surface area contributed by atoms with Gasteiger partial charge in [0, 0.05) is 31.5 Å². The first kappa shape index (κ1) is 17.4. The highest BCUT2D eigenvalue weighted by Gasteiger charge is 2.32. The standard InChI is InChI=1S/C20H26N4O/c1-15-7-9-16(10-8-15)20(2,3)18(25)23-17-6-4-13-24(14-17)19-21-11-5-12-22-19/h5,7-12,17H,4,6,13-14H2,1-3H3,(H,23,25). The Labute approximate surface area is 149 Å². The Morgan fingerprint density at radius 1 is 1.20 bits per heavy atom. The monoisotopic (exact) mass is 338 g/mol. The van der Waals surface area contributed by atoms with Crippen LogP contribution in [0.4, 0.5) is 5.95 Å². The number of aryl methyl sites for hydroxylation is 1. The van der Waals surface area contributed by atoms with Crippen molar-refractivity contribution in [2.45, 2.75) is 45.1 Å². The van der Waals surface area contributed by atoms with Crippen molar-refractivity contribution < 1.29 is 4.79 Å². The van der Waals surface area contributed by atoms with Gasteiger partial charge in [0.1, 0.15) is 0 Å². The largest absolute Gasteiger partial charge is 0.351 e. The molecule has 3 rings (SSSR count). The van der Waals surface area contributed by atoms with E-state index >= 15 is 0 Å². The first-order valence-corrected chi connectivity index (χ1v) is 8.87. The summed E-state index contributed by atoms with van der Waals surface area (Å²) in [7, 11) is 0. The zero-order valence-corrected chi connectivity index (χ0v) is 15.2. The molecule has 1 saturated heterocycles. The van der Waals surface area contributed by atoms with Gasteiger partial charge in [0.05, 0.1) is 5.41 Å². The molecule has 5 nitrogen and oxygen atoms in total. The summed E-state index contributed by atoms with van der Waals surface area (Å²) in [4.78, 5) is 23.7. The van der Waals surface area contributed by atoms with Gasteiger partial charge in [0.25, 0.3) is 0 Å². The van der Waals surface area contributed by atoms with Crippen LogP contribution in [0.1, 0.15) is 37.8 Å². The maximum Gasteiger partial charge on any atom is 0.230 e. The predicted molar refractivity (Wildman–Crippen MR) is 99.6 cm³/mol. The number of anilines is 1. The van der Waals surface area contributed by atoms with Crippen LogP contribution in [-0.2, 0) is 10.2 Å². The van der Waals surface area contributed by atoms with Gasteiger partial charge >= 0.3 is 0 Å². The first-order chi connectivity index (χ1) is 12.0. The second-order valence-corrected chi connectivity index (χ2v) is 7.30. The Balaban J connectivity index is 1.66. The van der Waals surface area contributed by atoms with Gasteiger partial charge in [-0.3, -0.25) is 4.79 Å². The van der Waals surface area contributed by atoms with E-state index in [1.165, 1.54) is 5.56 Å². The summed E-state index contributed by atoms with van der Waals surface area (Å²) >= 11 is 0. The van der Waals surface area contributed by atoms with Crippen molar-refractivity contribution >= 4 is 11.9 Å². The van der Waals surface area contributed by atoms with Gasteiger partial charge in [-0.15, -0.1) is 0 Å². The van der Waals surface area contributed by atoms with Crippen LogP contribution in [0, 0.1) is 6.92 Å². The molecule has 0 saturated carbocycles. The lowest BCUT2D eigenvalue weighted by Crippen LogP contribution is -2.52. The Morgan fingerprint density at radius 2 is 1.88 bits per heavy atom. The molecule has 2 heterocycles. The molecule has 0 radical (unpaired) electrons. The minimum Gasteiger partial charge on any atom is -0.351 e. The topological polar surface area (TPSA) is 58.1 Å². The highest BCUT2D eigenvalue weighted by Crippen LogP contribution is 2.25. The molecule has 1 aliphatic heterocycles. The van der Waals surface area contributed by atoms with Crippen LogP contribution in [0.25, 0.3) is 0 Å². The van der Waals surface area contributed by atoms with Gasteiger partial charge in [-0.2, -0.15) is 0 Å². The van der Waals surface area contributed by atoms with E-state index in [9.17, 15) is 4.79 Å². The Morgan fingerprint density at radius 3 is 2.56 bits per heavy atom. The van der Waals surface area contributed by atoms with Crippen LogP contribution >= 0.6 is 0 Å². The van der Waals surface area contributed by atoms with Crippen LogP contribution in [0.3, 0.4) is 0 Å². The SMILES string of the molecule is Cc1ccc(C(C)(C)C(=O)NC2CCCN(c3ncccn3)C2)cc1. The van der Waals surface area contributed by atoms with Gasteiger partial charge in [-0.25, -0.2) is 9.97 Å². The zero-order chi connectivity index (χ0) is 17.9. The minimum absolute atomic E-state index is 0.0668. The molecule has 132 valence electrons. The number of carbonyl (C=O) groups is 1. The molecule has 1 aromatic heterocycles. The van der Waals surface area contributed by atoms with Crippen LogP contribution in [0.5, 0.6) is 0 Å². The lowest BCUT2D eigenvalue weighted by molar-refractivity contribution is -0.126. The number of aromatic nitrogens is 2. The number of piperidine rings is 1. The third-order valence-corrected chi connectivity index (χ3v) is 4.93. The first-order valence-electron chi connectivity index (χ1n) is 8.87. The third kappa shape index (κ3) is 3.98. The molecule has 1 N–H and O–H groups in total. The van der Waals surface area contributed by atoms with E-state index < -0.39 is 5.41 Å². The second-order valence-electron chi connectivity index (χ2n) is 7.30. The molecule has 1 atom stereocenters. The quantitative estimate of drug-likeness (QED) is 0.931. The van der Waals surface area contributed by atoms with Crippen LogP contribution in [0.2, 0.25) is 0 Å². The number of nitrogens with zero attached hydrogens (tertiary/aromatic N) is 3. The van der Waals surface area contributed by atoms with E-state index in [1.807, 2.05) is 32.0 Å². The number of hydrogen-bond donors (Lipinski definition) is 1. The average Bonchev–Trinajstić information content (AvgIpc) is 2.63. The molecule has 1 aromatic carbocycles. The summed E-state index contributed by atoms with van der Waals surface area (Å²) in [5.41, 5.74) is 1.68. The lowest BCUT2D eigenvalue weighted by Gasteiger charge is -2.35. The maximum absolute atomic E-state index is 12.9. The van der Waals surface area contributed by atoms with Crippen molar-refractivity contribution in [3.05, 3.63) is 53.9 Å². The smallest absolute Gasteiger partial charge is 0.230 e. The Kier molecular flexibility index (Phi) is 5.02. The lowest BCUT2D eigenvalue weighted by atomic mass is 9.83. The van der Waals surface area contributed by atoms with Crippen LogP contribution in [0.15, 0.2) is 42.7 Å². The van der Waals surface area contributed by atoms with E-state index in [-0.39, 0.29) is 11.9 Å². The molecular formula is C20H26N4O. The van der Waals surface area contributed by atoms with E-state index in [4.69, 9.17) is 0 Å². The molecule has 0 bridgehead atoms. The predicted octanol–water partition coefficient (Wildman–Crippen LogP) is 2.85. The third-order valence-electron chi connectivity index (χ3n) is 4.93. The number of nitrogens with one attached hydrogen (secondary N) is 1. The summed E-state index contributed by atoms with van der Waals surface area (Å²) in [6.45, 7) is 7.69. The molecule has 0 spiro atoms. The number of benzene rings is 1. The molecule has 1 amide bonds. The number of hydrogen-bond acceptors (Lipinski definition) is 4. The van der Waals surface area contributed by atoms with Crippen molar-refractivity contribution in [1.29, 1.82) is 0 Å². The number of carbonyl (C=O) groups excluding carboxylic acids is 1. The van der Waals surface area contributed by atoms with Gasteiger partial charge in [0.2, 0.25) is 11.9 Å². The fourth-order valence-corrected chi connectivity index (χ4v) is 3.20. The molecule has 2 aromatic rings. The fraction of sp³-hybridized carbons (Fsp3) is 0.450. The van der Waals surface area contributed by atoms with Crippen molar-refractivity contribution in [2.75, 3.05) is 18.0 Å². The summed E-state index contributed by atoms with van der Waals surface area (Å²) in [5.74, 6) is 0.802. The highest BCUT2D eigenvalue weighted by atomic mass is 16.2. The highest BCUT2D eigenvalue weighted by molar-refractivity contribution is 5.87. The van der Waals surface area contributed by atoms with Gasteiger partial charge in [0.15, 0.2) is 0 Å². The maximum atomic E-state index is 12.9. The second kappa shape index (κ2) is 7.21. The van der Waals surface area contributed by atoms with E-state index in [0.717, 1.165) is 37.4 Å².